The van der Waals surface area contributed by atoms with Crippen LogP contribution in [0.4, 0.5) is 0 Å². The van der Waals surface area contributed by atoms with Crippen LogP contribution in [-0.2, 0) is 0 Å². The Labute approximate surface area is 126 Å². The Bertz CT molecular complexity index is 642. The van der Waals surface area contributed by atoms with Gasteiger partial charge < -0.3 is 15.2 Å². The standard InChI is InChI=1S/C16H16BrNO2/c1-10-8-12(17)3-4-13(10)16(18)11-2-5-14-15(9-11)20-7-6-19-14/h2-5,8-9,16H,6-7,18H2,1H3. The second-order valence-corrected chi connectivity index (χ2v) is 5.80. The summed E-state index contributed by atoms with van der Waals surface area (Å²) in [7, 11) is 0. The van der Waals surface area contributed by atoms with Crippen LogP contribution >= 0.6 is 15.9 Å². The van der Waals surface area contributed by atoms with Crippen LogP contribution in [0.25, 0.3) is 0 Å². The summed E-state index contributed by atoms with van der Waals surface area (Å²) in [6, 6.07) is 11.9. The Hall–Kier alpha value is -1.52. The Kier molecular flexibility index (Phi) is 3.68. The molecule has 0 saturated carbocycles. The molecule has 1 unspecified atom stereocenters. The van der Waals surface area contributed by atoms with E-state index in [0.29, 0.717) is 13.2 Å². The molecule has 0 aromatic heterocycles. The van der Waals surface area contributed by atoms with Gasteiger partial charge in [0.05, 0.1) is 6.04 Å². The molecule has 3 rings (SSSR count). The minimum absolute atomic E-state index is 0.168. The molecule has 2 aromatic rings. The number of hydrogen-bond acceptors (Lipinski definition) is 3. The molecule has 2 aromatic carbocycles. The molecule has 1 aliphatic rings. The zero-order chi connectivity index (χ0) is 14.1. The summed E-state index contributed by atoms with van der Waals surface area (Å²) in [5.41, 5.74) is 9.70. The van der Waals surface area contributed by atoms with Crippen molar-refractivity contribution in [2.75, 3.05) is 13.2 Å². The number of aryl methyl sites for hydroxylation is 1. The third-order valence-electron chi connectivity index (χ3n) is 3.49. The van der Waals surface area contributed by atoms with Crippen molar-refractivity contribution in [2.24, 2.45) is 5.73 Å². The maximum Gasteiger partial charge on any atom is 0.161 e. The van der Waals surface area contributed by atoms with Crippen LogP contribution in [0.2, 0.25) is 0 Å². The number of nitrogens with two attached hydrogens (primary N) is 1. The predicted molar refractivity (Wildman–Crippen MR) is 82.3 cm³/mol. The van der Waals surface area contributed by atoms with E-state index in [9.17, 15) is 0 Å². The van der Waals surface area contributed by atoms with E-state index in [2.05, 4.69) is 35.0 Å². The maximum absolute atomic E-state index is 6.39. The molecule has 4 heteroatoms. The van der Waals surface area contributed by atoms with Gasteiger partial charge in [0, 0.05) is 4.47 Å². The zero-order valence-corrected chi connectivity index (χ0v) is 12.8. The van der Waals surface area contributed by atoms with Gasteiger partial charge in [-0.2, -0.15) is 0 Å². The summed E-state index contributed by atoms with van der Waals surface area (Å²) in [4.78, 5) is 0. The Balaban J connectivity index is 1.95. The van der Waals surface area contributed by atoms with Crippen molar-refractivity contribution < 1.29 is 9.47 Å². The van der Waals surface area contributed by atoms with E-state index in [0.717, 1.165) is 27.1 Å². The van der Waals surface area contributed by atoms with Gasteiger partial charge in [-0.05, 0) is 47.9 Å². The number of fused-ring (bicyclic) bond motifs is 1. The van der Waals surface area contributed by atoms with Gasteiger partial charge in [0.15, 0.2) is 11.5 Å². The molecule has 104 valence electrons. The summed E-state index contributed by atoms with van der Waals surface area (Å²) in [6.45, 7) is 3.26. The van der Waals surface area contributed by atoms with Gasteiger partial charge in [0.2, 0.25) is 0 Å². The highest BCUT2D eigenvalue weighted by molar-refractivity contribution is 9.10. The van der Waals surface area contributed by atoms with Gasteiger partial charge in [0.1, 0.15) is 13.2 Å². The molecular weight excluding hydrogens is 318 g/mol. The smallest absolute Gasteiger partial charge is 0.161 e. The van der Waals surface area contributed by atoms with Crippen molar-refractivity contribution in [3.8, 4) is 11.5 Å². The van der Waals surface area contributed by atoms with E-state index >= 15 is 0 Å². The SMILES string of the molecule is Cc1cc(Br)ccc1C(N)c1ccc2c(c1)OCCO2. The highest BCUT2D eigenvalue weighted by atomic mass is 79.9. The molecule has 1 heterocycles. The molecule has 0 amide bonds. The van der Waals surface area contributed by atoms with Gasteiger partial charge in [0.25, 0.3) is 0 Å². The summed E-state index contributed by atoms with van der Waals surface area (Å²) in [6.07, 6.45) is 0. The first kappa shape index (κ1) is 13.5. The van der Waals surface area contributed by atoms with Crippen LogP contribution in [0.1, 0.15) is 22.7 Å². The third-order valence-corrected chi connectivity index (χ3v) is 3.99. The monoisotopic (exact) mass is 333 g/mol. The molecular formula is C16H16BrNO2. The lowest BCUT2D eigenvalue weighted by Gasteiger charge is -2.21. The third kappa shape index (κ3) is 2.53. The molecule has 0 saturated heterocycles. The fourth-order valence-corrected chi connectivity index (χ4v) is 2.90. The Morgan fingerprint density at radius 2 is 1.80 bits per heavy atom. The number of rotatable bonds is 2. The second-order valence-electron chi connectivity index (χ2n) is 4.88. The molecule has 0 fully saturated rings. The van der Waals surface area contributed by atoms with Gasteiger partial charge >= 0.3 is 0 Å². The number of hydrogen-bond donors (Lipinski definition) is 1. The topological polar surface area (TPSA) is 44.5 Å². The first-order valence-corrected chi connectivity index (χ1v) is 7.35. The Morgan fingerprint density at radius 3 is 2.55 bits per heavy atom. The van der Waals surface area contributed by atoms with Crippen LogP contribution in [0, 0.1) is 6.92 Å². The second kappa shape index (κ2) is 5.46. The number of benzene rings is 2. The lowest BCUT2D eigenvalue weighted by atomic mass is 9.95. The van der Waals surface area contributed by atoms with Crippen molar-refractivity contribution in [2.45, 2.75) is 13.0 Å². The molecule has 1 aliphatic heterocycles. The van der Waals surface area contributed by atoms with Gasteiger partial charge in [-0.15, -0.1) is 0 Å². The maximum atomic E-state index is 6.39. The van der Waals surface area contributed by atoms with E-state index in [1.807, 2.05) is 24.3 Å². The van der Waals surface area contributed by atoms with Crippen molar-refractivity contribution >= 4 is 15.9 Å². The lowest BCUT2D eigenvalue weighted by Crippen LogP contribution is -2.17. The fraction of sp³-hybridized carbons (Fsp3) is 0.250. The van der Waals surface area contributed by atoms with Crippen LogP contribution in [0.3, 0.4) is 0 Å². The fourth-order valence-electron chi connectivity index (χ4n) is 2.42. The molecule has 0 aliphatic carbocycles. The van der Waals surface area contributed by atoms with Crippen LogP contribution < -0.4 is 15.2 Å². The van der Waals surface area contributed by atoms with E-state index in [1.165, 1.54) is 5.56 Å². The molecule has 20 heavy (non-hydrogen) atoms. The van der Waals surface area contributed by atoms with Gasteiger partial charge in [-0.25, -0.2) is 0 Å². The normalized spacial score (nSPS) is 14.9. The molecule has 0 radical (unpaired) electrons. The summed E-state index contributed by atoms with van der Waals surface area (Å²) < 4.78 is 12.2. The Morgan fingerprint density at radius 1 is 1.05 bits per heavy atom. The van der Waals surface area contributed by atoms with Crippen molar-refractivity contribution in [1.29, 1.82) is 0 Å². The quantitative estimate of drug-likeness (QED) is 0.913. The van der Waals surface area contributed by atoms with Crippen molar-refractivity contribution in [1.82, 2.24) is 0 Å². The largest absolute Gasteiger partial charge is 0.486 e. The molecule has 1 atom stereocenters. The van der Waals surface area contributed by atoms with Crippen molar-refractivity contribution in [3.63, 3.8) is 0 Å². The highest BCUT2D eigenvalue weighted by Crippen LogP contribution is 2.34. The van der Waals surface area contributed by atoms with E-state index in [4.69, 9.17) is 15.2 Å². The minimum Gasteiger partial charge on any atom is -0.486 e. The van der Waals surface area contributed by atoms with Gasteiger partial charge in [-0.1, -0.05) is 28.1 Å². The average molecular weight is 334 g/mol. The van der Waals surface area contributed by atoms with Crippen LogP contribution in [0.15, 0.2) is 40.9 Å². The molecule has 2 N–H and O–H groups in total. The minimum atomic E-state index is -0.168. The summed E-state index contributed by atoms with van der Waals surface area (Å²) >= 11 is 3.47. The van der Waals surface area contributed by atoms with E-state index in [1.54, 1.807) is 0 Å². The molecule has 0 bridgehead atoms. The zero-order valence-electron chi connectivity index (χ0n) is 11.2. The molecule has 3 nitrogen and oxygen atoms in total. The van der Waals surface area contributed by atoms with E-state index < -0.39 is 0 Å². The van der Waals surface area contributed by atoms with E-state index in [-0.39, 0.29) is 6.04 Å². The van der Waals surface area contributed by atoms with Crippen LogP contribution in [-0.4, -0.2) is 13.2 Å². The number of halogens is 1. The first-order chi connectivity index (χ1) is 9.65. The van der Waals surface area contributed by atoms with Gasteiger partial charge in [-0.3, -0.25) is 0 Å². The summed E-state index contributed by atoms with van der Waals surface area (Å²) in [5.74, 6) is 1.57. The first-order valence-electron chi connectivity index (χ1n) is 6.56. The average Bonchev–Trinajstić information content (AvgIpc) is 2.46. The van der Waals surface area contributed by atoms with Crippen LogP contribution in [0.5, 0.6) is 11.5 Å². The van der Waals surface area contributed by atoms with Crippen molar-refractivity contribution in [3.05, 3.63) is 57.6 Å². The molecule has 0 spiro atoms. The highest BCUT2D eigenvalue weighted by Gasteiger charge is 2.16. The summed E-state index contributed by atoms with van der Waals surface area (Å²) in [5, 5.41) is 0. The lowest BCUT2D eigenvalue weighted by molar-refractivity contribution is 0.171. The number of ether oxygens (including phenoxy) is 2. The predicted octanol–water partition coefficient (Wildman–Crippen LogP) is 3.58.